The summed E-state index contributed by atoms with van der Waals surface area (Å²) in [6.07, 6.45) is -2.55. The highest BCUT2D eigenvalue weighted by atomic mass is 16.6. The van der Waals surface area contributed by atoms with Crippen LogP contribution in [0.25, 0.3) is 11.2 Å². The highest BCUT2D eigenvalue weighted by Crippen LogP contribution is 2.32. The van der Waals surface area contributed by atoms with Gasteiger partial charge in [-0.2, -0.15) is 0 Å². The van der Waals surface area contributed by atoms with Crippen LogP contribution < -0.4 is 10.6 Å². The summed E-state index contributed by atoms with van der Waals surface area (Å²) in [5.74, 6) is -0.246. The van der Waals surface area contributed by atoms with Gasteiger partial charge in [-0.15, -0.1) is 0 Å². The van der Waals surface area contributed by atoms with E-state index in [2.05, 4.69) is 36.9 Å². The molecule has 2 aromatic heterocycles. The van der Waals surface area contributed by atoms with E-state index in [0.717, 1.165) is 0 Å². The summed E-state index contributed by atoms with van der Waals surface area (Å²) in [4.78, 5) is 35.4. The molecule has 3 heterocycles. The van der Waals surface area contributed by atoms with Crippen molar-refractivity contribution in [3.8, 4) is 0 Å². The van der Waals surface area contributed by atoms with E-state index in [0.29, 0.717) is 5.57 Å². The van der Waals surface area contributed by atoms with Crippen LogP contribution in [0.1, 0.15) is 13.2 Å². The lowest BCUT2D eigenvalue weighted by molar-refractivity contribution is -0.112. The maximum atomic E-state index is 11.9. The van der Waals surface area contributed by atoms with Crippen molar-refractivity contribution >= 4 is 29.0 Å². The van der Waals surface area contributed by atoms with Crippen molar-refractivity contribution in [3.63, 3.8) is 0 Å². The van der Waals surface area contributed by atoms with Gasteiger partial charge >= 0.3 is 6.09 Å². The molecule has 0 bridgehead atoms. The third kappa shape index (κ3) is 3.65. The molecule has 12 heteroatoms. The molecule has 1 aliphatic rings. The predicted molar refractivity (Wildman–Crippen MR) is 95.1 cm³/mol. The van der Waals surface area contributed by atoms with E-state index in [1.54, 1.807) is 6.92 Å². The Bertz CT molecular complexity index is 914. The van der Waals surface area contributed by atoms with Crippen LogP contribution in [0, 0.1) is 0 Å². The zero-order valence-corrected chi connectivity index (χ0v) is 15.2. The molecular formula is C16H20N6O6. The van der Waals surface area contributed by atoms with Crippen molar-refractivity contribution in [2.24, 2.45) is 0 Å². The van der Waals surface area contributed by atoms with Gasteiger partial charge < -0.3 is 30.3 Å². The Labute approximate surface area is 159 Å². The van der Waals surface area contributed by atoms with E-state index in [9.17, 15) is 19.8 Å². The van der Waals surface area contributed by atoms with Crippen LogP contribution in [0.15, 0.2) is 24.8 Å². The number of hydrogen-bond acceptors (Lipinski definition) is 9. The molecule has 1 aliphatic heterocycles. The number of ether oxygens (including phenoxy) is 2. The second kappa shape index (κ2) is 7.88. The van der Waals surface area contributed by atoms with Crippen LogP contribution in [-0.2, 0) is 14.3 Å². The molecule has 2 amide bonds. The first kappa shape index (κ1) is 19.7. The molecule has 0 unspecified atom stereocenters. The van der Waals surface area contributed by atoms with Gasteiger partial charge in [0.15, 0.2) is 23.2 Å². The summed E-state index contributed by atoms with van der Waals surface area (Å²) in [6.45, 7) is 5.05. The van der Waals surface area contributed by atoms with Crippen LogP contribution in [0.5, 0.6) is 0 Å². The standard InChI is InChI=1S/C16H20N6O6/c1-7(2)14(25)21-12-9-13(19-5-18-12)22(6-20-9)15-11(24)10(23)8(28-15)4-17-16(26)27-3/h5-6,8,10-11,15,23-24H,1,4H2,2-3H3,(H,17,26)(H,18,19,21,25)/t8-,10-,11-,15-/m1/s1. The SMILES string of the molecule is C=C(C)C(=O)Nc1ncnc2c1ncn2[C@@H]1O[C@H](CNC(=O)OC)[C@@H](O)[C@H]1O. The molecule has 4 N–H and O–H groups in total. The van der Waals surface area contributed by atoms with E-state index >= 15 is 0 Å². The molecule has 1 saturated heterocycles. The van der Waals surface area contributed by atoms with Crippen LogP contribution in [0.4, 0.5) is 10.6 Å². The van der Waals surface area contributed by atoms with Gasteiger partial charge in [0, 0.05) is 12.1 Å². The van der Waals surface area contributed by atoms with Crippen molar-refractivity contribution in [3.05, 3.63) is 24.8 Å². The van der Waals surface area contributed by atoms with Gasteiger partial charge in [0.2, 0.25) is 0 Å². The number of rotatable bonds is 5. The van der Waals surface area contributed by atoms with Crippen molar-refractivity contribution in [2.75, 3.05) is 19.0 Å². The smallest absolute Gasteiger partial charge is 0.406 e. The molecule has 0 saturated carbocycles. The average molecular weight is 392 g/mol. The van der Waals surface area contributed by atoms with E-state index in [1.807, 2.05) is 0 Å². The van der Waals surface area contributed by atoms with E-state index in [-0.39, 0.29) is 23.5 Å². The lowest BCUT2D eigenvalue weighted by Gasteiger charge is -2.16. The van der Waals surface area contributed by atoms with Gasteiger partial charge in [-0.3, -0.25) is 9.36 Å². The molecule has 4 atom stereocenters. The van der Waals surface area contributed by atoms with Crippen LogP contribution in [0.2, 0.25) is 0 Å². The van der Waals surface area contributed by atoms with Crippen molar-refractivity contribution in [1.82, 2.24) is 24.8 Å². The zero-order valence-electron chi connectivity index (χ0n) is 15.2. The average Bonchev–Trinajstić information content (AvgIpc) is 3.22. The van der Waals surface area contributed by atoms with Gasteiger partial charge in [-0.05, 0) is 6.92 Å². The molecule has 0 aliphatic carbocycles. The summed E-state index contributed by atoms with van der Waals surface area (Å²) < 4.78 is 11.6. The number of aromatic nitrogens is 4. The van der Waals surface area contributed by atoms with Crippen molar-refractivity contribution in [2.45, 2.75) is 31.5 Å². The minimum Gasteiger partial charge on any atom is -0.453 e. The number of fused-ring (bicyclic) bond motifs is 1. The first-order valence-electron chi connectivity index (χ1n) is 8.31. The molecule has 1 fully saturated rings. The number of aliphatic hydroxyl groups is 2. The van der Waals surface area contributed by atoms with Crippen LogP contribution in [0.3, 0.4) is 0 Å². The quantitative estimate of drug-likeness (QED) is 0.483. The van der Waals surface area contributed by atoms with Gasteiger partial charge in [-0.1, -0.05) is 6.58 Å². The summed E-state index contributed by atoms with van der Waals surface area (Å²) in [5, 5.41) is 25.6. The number of amides is 2. The van der Waals surface area contributed by atoms with Crippen molar-refractivity contribution < 1.29 is 29.3 Å². The summed E-state index contributed by atoms with van der Waals surface area (Å²) in [7, 11) is 1.21. The molecule has 2 aromatic rings. The fourth-order valence-corrected chi connectivity index (χ4v) is 2.73. The molecule has 3 rings (SSSR count). The fraction of sp³-hybridized carbons (Fsp3) is 0.438. The molecule has 0 radical (unpaired) electrons. The highest BCUT2D eigenvalue weighted by Gasteiger charge is 2.44. The maximum Gasteiger partial charge on any atom is 0.406 e. The first-order valence-corrected chi connectivity index (χ1v) is 8.31. The fourth-order valence-electron chi connectivity index (χ4n) is 2.73. The predicted octanol–water partition coefficient (Wildman–Crippen LogP) is -0.684. The molecule has 28 heavy (non-hydrogen) atoms. The molecule has 150 valence electrons. The Hall–Kier alpha value is -3.09. The number of anilines is 1. The zero-order chi connectivity index (χ0) is 20.4. The van der Waals surface area contributed by atoms with Gasteiger partial charge in [0.1, 0.15) is 24.6 Å². The summed E-state index contributed by atoms with van der Waals surface area (Å²) in [6, 6.07) is 0. The summed E-state index contributed by atoms with van der Waals surface area (Å²) >= 11 is 0. The van der Waals surface area contributed by atoms with Gasteiger partial charge in [0.25, 0.3) is 5.91 Å². The van der Waals surface area contributed by atoms with Crippen LogP contribution in [-0.4, -0.2) is 73.7 Å². The van der Waals surface area contributed by atoms with Gasteiger partial charge in [-0.25, -0.2) is 19.7 Å². The van der Waals surface area contributed by atoms with Crippen LogP contribution >= 0.6 is 0 Å². The second-order valence-corrected chi connectivity index (χ2v) is 6.20. The number of hydrogen-bond donors (Lipinski definition) is 4. The number of nitrogens with one attached hydrogen (secondary N) is 2. The third-order valence-electron chi connectivity index (χ3n) is 4.22. The summed E-state index contributed by atoms with van der Waals surface area (Å²) in [5.41, 5.74) is 0.855. The number of imidazole rings is 1. The minimum absolute atomic E-state index is 0.0665. The minimum atomic E-state index is -1.30. The third-order valence-corrected chi connectivity index (χ3v) is 4.22. The van der Waals surface area contributed by atoms with Gasteiger partial charge in [0.05, 0.1) is 13.4 Å². The Balaban J connectivity index is 1.84. The Morgan fingerprint density at radius 2 is 2.07 bits per heavy atom. The molecular weight excluding hydrogens is 372 g/mol. The number of nitrogens with zero attached hydrogens (tertiary/aromatic N) is 4. The normalized spacial score (nSPS) is 24.1. The monoisotopic (exact) mass is 392 g/mol. The Kier molecular flexibility index (Phi) is 5.53. The molecule has 12 nitrogen and oxygen atoms in total. The van der Waals surface area contributed by atoms with E-state index < -0.39 is 36.5 Å². The Morgan fingerprint density at radius 3 is 2.75 bits per heavy atom. The maximum absolute atomic E-state index is 11.9. The number of alkyl carbamates (subject to hydrolysis) is 1. The largest absolute Gasteiger partial charge is 0.453 e. The Morgan fingerprint density at radius 1 is 1.32 bits per heavy atom. The first-order chi connectivity index (χ1) is 13.3. The lowest BCUT2D eigenvalue weighted by atomic mass is 10.1. The number of carbonyl (C=O) groups excluding carboxylic acids is 2. The number of methoxy groups -OCH3 is 1. The van der Waals surface area contributed by atoms with E-state index in [1.165, 1.54) is 24.3 Å². The van der Waals surface area contributed by atoms with Crippen molar-refractivity contribution in [1.29, 1.82) is 0 Å². The van der Waals surface area contributed by atoms with E-state index in [4.69, 9.17) is 4.74 Å². The number of aliphatic hydroxyl groups excluding tert-OH is 2. The molecule has 0 spiro atoms. The number of carbonyl (C=O) groups is 2. The topological polar surface area (TPSA) is 161 Å². The molecule has 0 aromatic carbocycles. The second-order valence-electron chi connectivity index (χ2n) is 6.20. The highest BCUT2D eigenvalue weighted by molar-refractivity contribution is 6.05. The lowest BCUT2D eigenvalue weighted by Crippen LogP contribution is -2.39.